The van der Waals surface area contributed by atoms with Crippen molar-refractivity contribution in [1.82, 2.24) is 4.72 Å². The molecule has 31 heavy (non-hydrogen) atoms. The number of carbonyl (C=O) groups excluding carboxylic acids is 2. The van der Waals surface area contributed by atoms with Gasteiger partial charge in [0.1, 0.15) is 5.75 Å². The van der Waals surface area contributed by atoms with Crippen LogP contribution in [0.3, 0.4) is 0 Å². The highest BCUT2D eigenvalue weighted by Gasteiger charge is 2.15. The van der Waals surface area contributed by atoms with Gasteiger partial charge in [0.25, 0.3) is 5.91 Å². The number of carbonyl (C=O) groups is 2. The summed E-state index contributed by atoms with van der Waals surface area (Å²) >= 11 is 1.18. The van der Waals surface area contributed by atoms with Crippen molar-refractivity contribution < 1.29 is 14.3 Å². The van der Waals surface area contributed by atoms with E-state index in [1.807, 2.05) is 61.5 Å². The molecular formula is C23H24N4O3S. The number of methoxy groups -OCH3 is 1. The lowest BCUT2D eigenvalue weighted by Gasteiger charge is -2.14. The number of benzene rings is 3. The summed E-state index contributed by atoms with van der Waals surface area (Å²) in [4.78, 5) is 28.1. The number of amides is 3. The quantitative estimate of drug-likeness (QED) is 0.462. The highest BCUT2D eigenvalue weighted by Crippen LogP contribution is 2.24. The first-order valence-corrected chi connectivity index (χ1v) is 10.3. The summed E-state index contributed by atoms with van der Waals surface area (Å²) in [7, 11) is 5.46. The minimum Gasteiger partial charge on any atom is -0.497 e. The van der Waals surface area contributed by atoms with Gasteiger partial charge >= 0.3 is 6.03 Å². The maximum atomic E-state index is 12.7. The number of hydrogen-bond acceptors (Lipinski definition) is 5. The van der Waals surface area contributed by atoms with Gasteiger partial charge in [0.2, 0.25) is 0 Å². The lowest BCUT2D eigenvalue weighted by atomic mass is 10.1. The fourth-order valence-electron chi connectivity index (χ4n) is 2.74. The van der Waals surface area contributed by atoms with Gasteiger partial charge in [-0.2, -0.15) is 0 Å². The van der Waals surface area contributed by atoms with Crippen LogP contribution in [-0.4, -0.2) is 33.1 Å². The first kappa shape index (κ1) is 22.0. The first-order valence-electron chi connectivity index (χ1n) is 9.52. The van der Waals surface area contributed by atoms with Crippen LogP contribution in [0, 0.1) is 0 Å². The van der Waals surface area contributed by atoms with E-state index in [1.54, 1.807) is 30.3 Å². The zero-order valence-electron chi connectivity index (χ0n) is 17.5. The minimum atomic E-state index is -0.455. The molecular weight excluding hydrogens is 412 g/mol. The SMILES string of the molecule is COc1ccc(C(=O)Nc2ccccc2)c(NC(=O)NSc2ccc(N(C)C)cc2)c1. The Bertz CT molecular complexity index is 1040. The Morgan fingerprint density at radius 1 is 0.903 bits per heavy atom. The van der Waals surface area contributed by atoms with E-state index < -0.39 is 6.03 Å². The van der Waals surface area contributed by atoms with E-state index in [-0.39, 0.29) is 5.91 Å². The average molecular weight is 437 g/mol. The van der Waals surface area contributed by atoms with Gasteiger partial charge in [-0.25, -0.2) is 4.79 Å². The zero-order chi connectivity index (χ0) is 22.2. The van der Waals surface area contributed by atoms with Crippen LogP contribution in [0.4, 0.5) is 21.9 Å². The summed E-state index contributed by atoms with van der Waals surface area (Å²) in [5.41, 5.74) is 2.39. The normalized spacial score (nSPS) is 10.2. The fourth-order valence-corrected chi connectivity index (χ4v) is 3.27. The van der Waals surface area contributed by atoms with Crippen molar-refractivity contribution in [1.29, 1.82) is 0 Å². The number of ether oxygens (including phenoxy) is 1. The summed E-state index contributed by atoms with van der Waals surface area (Å²) in [5, 5.41) is 5.55. The lowest BCUT2D eigenvalue weighted by molar-refractivity contribution is 0.102. The van der Waals surface area contributed by atoms with E-state index in [4.69, 9.17) is 4.74 Å². The first-order chi connectivity index (χ1) is 15.0. The second kappa shape index (κ2) is 10.4. The molecule has 0 aliphatic heterocycles. The minimum absolute atomic E-state index is 0.320. The highest BCUT2D eigenvalue weighted by atomic mass is 32.2. The van der Waals surface area contributed by atoms with E-state index in [0.29, 0.717) is 22.7 Å². The Kier molecular flexibility index (Phi) is 7.40. The molecule has 8 heteroatoms. The van der Waals surface area contributed by atoms with E-state index in [1.165, 1.54) is 19.1 Å². The predicted molar refractivity (Wildman–Crippen MR) is 126 cm³/mol. The molecule has 3 aromatic rings. The van der Waals surface area contributed by atoms with Gasteiger partial charge in [0, 0.05) is 36.4 Å². The van der Waals surface area contributed by atoms with Crippen molar-refractivity contribution in [3.05, 3.63) is 78.4 Å². The van der Waals surface area contributed by atoms with E-state index in [0.717, 1.165) is 10.6 Å². The number of nitrogens with zero attached hydrogens (tertiary/aromatic N) is 1. The van der Waals surface area contributed by atoms with Crippen LogP contribution in [0.15, 0.2) is 77.7 Å². The van der Waals surface area contributed by atoms with Crippen LogP contribution in [-0.2, 0) is 0 Å². The molecule has 0 saturated heterocycles. The Hall–Kier alpha value is -3.65. The molecule has 0 atom stereocenters. The Morgan fingerprint density at radius 2 is 1.61 bits per heavy atom. The molecule has 0 aromatic heterocycles. The van der Waals surface area contributed by atoms with Crippen LogP contribution in [0.2, 0.25) is 0 Å². The number of anilines is 3. The van der Waals surface area contributed by atoms with Gasteiger partial charge in [0.05, 0.1) is 18.4 Å². The average Bonchev–Trinajstić information content (AvgIpc) is 2.78. The molecule has 7 nitrogen and oxygen atoms in total. The summed E-state index contributed by atoms with van der Waals surface area (Å²) in [6, 6.07) is 21.3. The second-order valence-electron chi connectivity index (χ2n) is 6.78. The topological polar surface area (TPSA) is 82.7 Å². The molecule has 0 heterocycles. The molecule has 0 fully saturated rings. The third-order valence-corrected chi connectivity index (χ3v) is 5.16. The van der Waals surface area contributed by atoms with E-state index in [9.17, 15) is 9.59 Å². The molecule has 3 N–H and O–H groups in total. The van der Waals surface area contributed by atoms with Crippen LogP contribution in [0.25, 0.3) is 0 Å². The third kappa shape index (κ3) is 6.16. The van der Waals surface area contributed by atoms with Gasteiger partial charge in [-0.1, -0.05) is 18.2 Å². The number of para-hydroxylation sites is 1. The molecule has 0 unspecified atom stereocenters. The Labute approximate surface area is 185 Å². The molecule has 3 amide bonds. The maximum absolute atomic E-state index is 12.7. The van der Waals surface area contributed by atoms with Crippen molar-refractivity contribution in [2.75, 3.05) is 36.7 Å². The lowest BCUT2D eigenvalue weighted by Crippen LogP contribution is -2.25. The van der Waals surface area contributed by atoms with Crippen molar-refractivity contribution in [3.8, 4) is 5.75 Å². The van der Waals surface area contributed by atoms with Crippen molar-refractivity contribution >= 4 is 40.9 Å². The highest BCUT2D eigenvalue weighted by molar-refractivity contribution is 7.98. The summed E-state index contributed by atoms with van der Waals surface area (Å²) < 4.78 is 7.97. The molecule has 0 aliphatic carbocycles. The molecule has 3 aromatic carbocycles. The molecule has 0 bridgehead atoms. The van der Waals surface area contributed by atoms with E-state index in [2.05, 4.69) is 15.4 Å². The van der Waals surface area contributed by atoms with Crippen LogP contribution >= 0.6 is 11.9 Å². The second-order valence-corrected chi connectivity index (χ2v) is 7.66. The number of urea groups is 1. The Morgan fingerprint density at radius 3 is 2.26 bits per heavy atom. The van der Waals surface area contributed by atoms with Crippen LogP contribution in [0.1, 0.15) is 10.4 Å². The van der Waals surface area contributed by atoms with Crippen molar-refractivity contribution in [2.24, 2.45) is 0 Å². The van der Waals surface area contributed by atoms with Gasteiger partial charge in [-0.05, 0) is 60.5 Å². The Balaban J connectivity index is 1.68. The van der Waals surface area contributed by atoms with Crippen molar-refractivity contribution in [2.45, 2.75) is 4.90 Å². The number of nitrogens with one attached hydrogen (secondary N) is 3. The molecule has 0 saturated carbocycles. The van der Waals surface area contributed by atoms with Crippen LogP contribution in [0.5, 0.6) is 5.75 Å². The summed E-state index contributed by atoms with van der Waals surface area (Å²) in [5.74, 6) is 0.189. The van der Waals surface area contributed by atoms with Crippen LogP contribution < -0.4 is 25.0 Å². The summed E-state index contributed by atoms with van der Waals surface area (Å²) in [6.07, 6.45) is 0. The molecule has 0 aliphatic rings. The molecule has 0 radical (unpaired) electrons. The number of hydrogen-bond donors (Lipinski definition) is 3. The maximum Gasteiger partial charge on any atom is 0.329 e. The van der Waals surface area contributed by atoms with Gasteiger partial charge < -0.3 is 20.3 Å². The standard InChI is InChI=1S/C23H24N4O3S/c1-27(2)17-9-12-19(13-10-17)31-26-23(29)25-21-15-18(30-3)11-14-20(21)22(28)24-16-7-5-4-6-8-16/h4-15H,1-3H3,(H,24,28)(H2,25,26,29). The molecule has 0 spiro atoms. The predicted octanol–water partition coefficient (Wildman–Crippen LogP) is 4.84. The zero-order valence-corrected chi connectivity index (χ0v) is 18.3. The molecule has 160 valence electrons. The smallest absolute Gasteiger partial charge is 0.329 e. The monoisotopic (exact) mass is 436 g/mol. The molecule has 3 rings (SSSR count). The largest absolute Gasteiger partial charge is 0.497 e. The summed E-state index contributed by atoms with van der Waals surface area (Å²) in [6.45, 7) is 0. The van der Waals surface area contributed by atoms with Gasteiger partial charge in [-0.15, -0.1) is 0 Å². The van der Waals surface area contributed by atoms with Gasteiger partial charge in [0.15, 0.2) is 0 Å². The fraction of sp³-hybridized carbons (Fsp3) is 0.130. The van der Waals surface area contributed by atoms with Crippen molar-refractivity contribution in [3.63, 3.8) is 0 Å². The van der Waals surface area contributed by atoms with Gasteiger partial charge in [-0.3, -0.25) is 9.52 Å². The third-order valence-electron chi connectivity index (χ3n) is 4.37. The number of rotatable bonds is 7. The van der Waals surface area contributed by atoms with E-state index >= 15 is 0 Å².